The number of hydrogen-bond donors (Lipinski definition) is 0. The lowest BCUT2D eigenvalue weighted by atomic mass is 10.2. The van der Waals surface area contributed by atoms with E-state index in [1.165, 1.54) is 19.2 Å². The van der Waals surface area contributed by atoms with Crippen molar-refractivity contribution in [3.63, 3.8) is 0 Å². The molecule has 0 aliphatic heterocycles. The van der Waals surface area contributed by atoms with Crippen LogP contribution in [0.5, 0.6) is 5.75 Å². The Bertz CT molecular complexity index is 352. The molecule has 1 aromatic rings. The molecule has 0 spiro atoms. The number of hydrogen-bond acceptors (Lipinski definition) is 2. The Morgan fingerprint density at radius 2 is 2.15 bits per heavy atom. The van der Waals surface area contributed by atoms with Gasteiger partial charge >= 0.3 is 0 Å². The Morgan fingerprint density at radius 1 is 1.54 bits per heavy atom. The Balaban J connectivity index is 3.38. The van der Waals surface area contributed by atoms with E-state index in [1.54, 1.807) is 0 Å². The first-order valence-electron chi connectivity index (χ1n) is 3.29. The summed E-state index contributed by atoms with van der Waals surface area (Å²) in [5.41, 5.74) is -0.359. The van der Waals surface area contributed by atoms with Crippen molar-refractivity contribution in [1.29, 1.82) is 0 Å². The fourth-order valence-electron chi connectivity index (χ4n) is 0.871. The summed E-state index contributed by atoms with van der Waals surface area (Å²) >= 11 is 10.7. The molecule has 1 aromatic carbocycles. The first-order chi connectivity index (χ1) is 6.07. The minimum Gasteiger partial charge on any atom is -0.494 e. The molecular formula is C8H5Cl2FO2. The number of methoxy groups -OCH3 is 1. The highest BCUT2D eigenvalue weighted by molar-refractivity contribution is 6.68. The molecule has 0 fully saturated rings. The first kappa shape index (κ1) is 10.3. The third-order valence-corrected chi connectivity index (χ3v) is 1.98. The number of carbonyl (C=O) groups excluding carboxylic acids is 1. The Morgan fingerprint density at radius 3 is 2.62 bits per heavy atom. The highest BCUT2D eigenvalue weighted by atomic mass is 35.5. The lowest BCUT2D eigenvalue weighted by molar-refractivity contribution is 0.107. The molecule has 0 atom stereocenters. The minimum atomic E-state index is -0.943. The highest BCUT2D eigenvalue weighted by Crippen LogP contribution is 2.28. The first-order valence-corrected chi connectivity index (χ1v) is 4.05. The van der Waals surface area contributed by atoms with Gasteiger partial charge in [-0.25, -0.2) is 4.39 Å². The molecule has 0 saturated heterocycles. The van der Waals surface area contributed by atoms with Crippen LogP contribution in [-0.2, 0) is 0 Å². The van der Waals surface area contributed by atoms with E-state index in [1.807, 2.05) is 0 Å². The second kappa shape index (κ2) is 3.94. The maximum atomic E-state index is 13.3. The standard InChI is InChI=1S/C8H5Cl2FO2/c1-13-5-3-2-4(9)6(7(5)11)8(10)12/h2-3H,1H3. The summed E-state index contributed by atoms with van der Waals surface area (Å²) in [6, 6.07) is 2.67. The summed E-state index contributed by atoms with van der Waals surface area (Å²) in [7, 11) is 1.29. The molecule has 0 N–H and O–H groups in total. The molecular weight excluding hydrogens is 218 g/mol. The molecule has 0 aliphatic carbocycles. The minimum absolute atomic E-state index is 0.0294. The van der Waals surface area contributed by atoms with E-state index in [0.717, 1.165) is 0 Å². The van der Waals surface area contributed by atoms with E-state index in [0.29, 0.717) is 0 Å². The van der Waals surface area contributed by atoms with Gasteiger partial charge in [-0.1, -0.05) is 11.6 Å². The fourth-order valence-corrected chi connectivity index (χ4v) is 1.34. The van der Waals surface area contributed by atoms with E-state index < -0.39 is 11.1 Å². The van der Waals surface area contributed by atoms with E-state index in [9.17, 15) is 9.18 Å². The van der Waals surface area contributed by atoms with Crippen LogP contribution < -0.4 is 4.74 Å². The molecule has 0 saturated carbocycles. The second-order valence-corrected chi connectivity index (χ2v) is 2.96. The van der Waals surface area contributed by atoms with Crippen LogP contribution in [0.2, 0.25) is 5.02 Å². The Labute approximate surface area is 84.2 Å². The predicted molar refractivity (Wildman–Crippen MR) is 48.1 cm³/mol. The summed E-state index contributed by atoms with van der Waals surface area (Å²) < 4.78 is 17.9. The topological polar surface area (TPSA) is 26.3 Å². The van der Waals surface area contributed by atoms with E-state index in [-0.39, 0.29) is 16.3 Å². The van der Waals surface area contributed by atoms with Gasteiger partial charge in [0.15, 0.2) is 11.6 Å². The van der Waals surface area contributed by atoms with Crippen LogP contribution in [0.15, 0.2) is 12.1 Å². The summed E-state index contributed by atoms with van der Waals surface area (Å²) in [4.78, 5) is 10.7. The van der Waals surface area contributed by atoms with E-state index in [4.69, 9.17) is 23.2 Å². The van der Waals surface area contributed by atoms with Crippen LogP contribution in [0, 0.1) is 5.82 Å². The fraction of sp³-hybridized carbons (Fsp3) is 0.125. The zero-order valence-electron chi connectivity index (χ0n) is 6.61. The number of ether oxygens (including phenoxy) is 1. The summed E-state index contributed by atoms with van der Waals surface area (Å²) in [5.74, 6) is -0.900. The second-order valence-electron chi connectivity index (χ2n) is 2.21. The average molecular weight is 223 g/mol. The number of benzene rings is 1. The molecule has 0 unspecified atom stereocenters. The van der Waals surface area contributed by atoms with Gasteiger partial charge in [0.2, 0.25) is 0 Å². The molecule has 5 heteroatoms. The molecule has 0 amide bonds. The molecule has 2 nitrogen and oxygen atoms in total. The molecule has 0 aromatic heterocycles. The van der Waals surface area contributed by atoms with Gasteiger partial charge in [0.25, 0.3) is 5.24 Å². The third kappa shape index (κ3) is 1.92. The van der Waals surface area contributed by atoms with Crippen molar-refractivity contribution < 1.29 is 13.9 Å². The average Bonchev–Trinajstić information content (AvgIpc) is 2.04. The van der Waals surface area contributed by atoms with Crippen molar-refractivity contribution in [2.24, 2.45) is 0 Å². The van der Waals surface area contributed by atoms with Gasteiger partial charge in [0, 0.05) is 0 Å². The van der Waals surface area contributed by atoms with Gasteiger partial charge in [-0.3, -0.25) is 4.79 Å². The normalized spacial score (nSPS) is 9.85. The van der Waals surface area contributed by atoms with Gasteiger partial charge in [0.05, 0.1) is 17.7 Å². The Hall–Kier alpha value is -0.800. The number of carbonyl (C=O) groups is 1. The van der Waals surface area contributed by atoms with Crippen molar-refractivity contribution >= 4 is 28.4 Å². The van der Waals surface area contributed by atoms with Gasteiger partial charge < -0.3 is 4.74 Å². The van der Waals surface area contributed by atoms with Crippen molar-refractivity contribution in [3.05, 3.63) is 28.5 Å². The summed E-state index contributed by atoms with van der Waals surface area (Å²) in [6.45, 7) is 0. The quantitative estimate of drug-likeness (QED) is 0.720. The van der Waals surface area contributed by atoms with Crippen molar-refractivity contribution in [2.45, 2.75) is 0 Å². The molecule has 0 bridgehead atoms. The molecule has 0 radical (unpaired) electrons. The monoisotopic (exact) mass is 222 g/mol. The number of halogens is 3. The molecule has 70 valence electrons. The lowest BCUT2D eigenvalue weighted by Crippen LogP contribution is -1.99. The van der Waals surface area contributed by atoms with Crippen LogP contribution in [0.4, 0.5) is 4.39 Å². The van der Waals surface area contributed by atoms with Crippen LogP contribution in [-0.4, -0.2) is 12.4 Å². The van der Waals surface area contributed by atoms with Crippen LogP contribution in [0.25, 0.3) is 0 Å². The SMILES string of the molecule is COc1ccc(Cl)c(C(=O)Cl)c1F. The van der Waals surface area contributed by atoms with Crippen molar-refractivity contribution in [3.8, 4) is 5.75 Å². The largest absolute Gasteiger partial charge is 0.494 e. The zero-order chi connectivity index (χ0) is 10.0. The molecule has 0 aliphatic rings. The molecule has 0 heterocycles. The van der Waals surface area contributed by atoms with Crippen LogP contribution in [0.3, 0.4) is 0 Å². The van der Waals surface area contributed by atoms with Gasteiger partial charge in [-0.05, 0) is 23.7 Å². The smallest absolute Gasteiger partial charge is 0.257 e. The number of rotatable bonds is 2. The van der Waals surface area contributed by atoms with E-state index in [2.05, 4.69) is 4.74 Å². The van der Waals surface area contributed by atoms with Crippen LogP contribution >= 0.6 is 23.2 Å². The maximum absolute atomic E-state index is 13.3. The van der Waals surface area contributed by atoms with Gasteiger partial charge in [0.1, 0.15) is 0 Å². The van der Waals surface area contributed by atoms with Crippen molar-refractivity contribution in [2.75, 3.05) is 7.11 Å². The Kier molecular flexibility index (Phi) is 3.12. The third-order valence-electron chi connectivity index (χ3n) is 1.47. The van der Waals surface area contributed by atoms with Gasteiger partial charge in [-0.15, -0.1) is 0 Å². The predicted octanol–water partition coefficient (Wildman–Crippen LogP) is 2.87. The molecule has 1 rings (SSSR count). The molecule has 13 heavy (non-hydrogen) atoms. The lowest BCUT2D eigenvalue weighted by Gasteiger charge is -2.05. The van der Waals surface area contributed by atoms with E-state index >= 15 is 0 Å². The zero-order valence-corrected chi connectivity index (χ0v) is 8.12. The highest BCUT2D eigenvalue weighted by Gasteiger charge is 2.17. The van der Waals surface area contributed by atoms with Crippen LogP contribution in [0.1, 0.15) is 10.4 Å². The summed E-state index contributed by atoms with van der Waals surface area (Å²) in [5, 5.41) is -0.972. The van der Waals surface area contributed by atoms with Crippen molar-refractivity contribution in [1.82, 2.24) is 0 Å². The van der Waals surface area contributed by atoms with Gasteiger partial charge in [-0.2, -0.15) is 0 Å². The summed E-state index contributed by atoms with van der Waals surface area (Å²) in [6.07, 6.45) is 0. The maximum Gasteiger partial charge on any atom is 0.257 e.